The molecule has 0 bridgehead atoms. The van der Waals surface area contributed by atoms with Crippen molar-refractivity contribution >= 4 is 0 Å². The fourth-order valence-electron chi connectivity index (χ4n) is 2.74. The van der Waals surface area contributed by atoms with Crippen LogP contribution in [0.1, 0.15) is 57.7 Å². The van der Waals surface area contributed by atoms with Crippen LogP contribution >= 0.6 is 0 Å². The SMILES string of the molecule is CCC(C)CC(NC)c1ccc2c(c1)C(C)(C)CO2. The Morgan fingerprint density at radius 1 is 1.37 bits per heavy atom. The zero-order valence-electron chi connectivity index (χ0n) is 12.9. The van der Waals surface area contributed by atoms with Gasteiger partial charge < -0.3 is 10.1 Å². The number of rotatable bonds is 5. The highest BCUT2D eigenvalue weighted by atomic mass is 16.5. The first-order valence-electron chi connectivity index (χ1n) is 7.42. The van der Waals surface area contributed by atoms with Gasteiger partial charge in [-0.2, -0.15) is 0 Å². The average Bonchev–Trinajstić information content (AvgIpc) is 2.71. The van der Waals surface area contributed by atoms with Gasteiger partial charge in [-0.1, -0.05) is 40.2 Å². The second kappa shape index (κ2) is 5.54. The van der Waals surface area contributed by atoms with Gasteiger partial charge in [0.15, 0.2) is 0 Å². The predicted octanol–water partition coefficient (Wildman–Crippen LogP) is 4.05. The third-order valence-corrected chi connectivity index (χ3v) is 4.41. The van der Waals surface area contributed by atoms with E-state index in [1.165, 1.54) is 24.0 Å². The molecule has 0 spiro atoms. The molecule has 2 atom stereocenters. The van der Waals surface area contributed by atoms with Gasteiger partial charge in [-0.25, -0.2) is 0 Å². The minimum Gasteiger partial charge on any atom is -0.492 e. The molecule has 106 valence electrons. The first kappa shape index (κ1) is 14.4. The van der Waals surface area contributed by atoms with E-state index in [2.05, 4.69) is 58.3 Å². The molecule has 0 fully saturated rings. The molecule has 1 N–H and O–H groups in total. The van der Waals surface area contributed by atoms with Crippen molar-refractivity contribution in [1.82, 2.24) is 5.32 Å². The molecule has 0 saturated heterocycles. The molecular weight excluding hydrogens is 234 g/mol. The molecule has 1 aliphatic heterocycles. The van der Waals surface area contributed by atoms with E-state index in [4.69, 9.17) is 4.74 Å². The summed E-state index contributed by atoms with van der Waals surface area (Å²) in [6.45, 7) is 9.89. The Morgan fingerprint density at radius 3 is 2.74 bits per heavy atom. The summed E-state index contributed by atoms with van der Waals surface area (Å²) in [6.07, 6.45) is 2.42. The smallest absolute Gasteiger partial charge is 0.123 e. The van der Waals surface area contributed by atoms with Crippen LogP contribution in [0.15, 0.2) is 18.2 Å². The highest BCUT2D eigenvalue weighted by Gasteiger charge is 2.32. The molecule has 0 saturated carbocycles. The molecule has 1 heterocycles. The van der Waals surface area contributed by atoms with Gasteiger partial charge in [0.05, 0.1) is 6.61 Å². The molecule has 1 aliphatic rings. The Balaban J connectivity index is 2.25. The molecule has 2 heteroatoms. The van der Waals surface area contributed by atoms with Crippen molar-refractivity contribution in [2.75, 3.05) is 13.7 Å². The van der Waals surface area contributed by atoms with Gasteiger partial charge in [-0.15, -0.1) is 0 Å². The molecule has 0 radical (unpaired) electrons. The predicted molar refractivity (Wildman–Crippen MR) is 80.8 cm³/mol. The fourth-order valence-corrected chi connectivity index (χ4v) is 2.74. The Labute approximate surface area is 117 Å². The number of fused-ring (bicyclic) bond motifs is 1. The second-order valence-electron chi connectivity index (χ2n) is 6.52. The van der Waals surface area contributed by atoms with Gasteiger partial charge in [0, 0.05) is 17.0 Å². The fraction of sp³-hybridized carbons (Fsp3) is 0.647. The van der Waals surface area contributed by atoms with Crippen molar-refractivity contribution in [3.8, 4) is 5.75 Å². The number of nitrogens with one attached hydrogen (secondary N) is 1. The van der Waals surface area contributed by atoms with Crippen molar-refractivity contribution in [2.24, 2.45) is 5.92 Å². The van der Waals surface area contributed by atoms with Gasteiger partial charge in [-0.3, -0.25) is 0 Å². The molecule has 1 aromatic carbocycles. The third kappa shape index (κ3) is 2.94. The molecule has 0 amide bonds. The number of benzene rings is 1. The lowest BCUT2D eigenvalue weighted by molar-refractivity contribution is 0.291. The molecule has 1 aromatic rings. The molecule has 0 aromatic heterocycles. The Kier molecular flexibility index (Phi) is 4.19. The monoisotopic (exact) mass is 261 g/mol. The van der Waals surface area contributed by atoms with Crippen LogP contribution < -0.4 is 10.1 Å². The molecule has 19 heavy (non-hydrogen) atoms. The highest BCUT2D eigenvalue weighted by Crippen LogP contribution is 2.40. The topological polar surface area (TPSA) is 21.3 Å². The maximum atomic E-state index is 5.76. The van der Waals surface area contributed by atoms with Crippen molar-refractivity contribution < 1.29 is 4.74 Å². The minimum atomic E-state index is 0.139. The second-order valence-corrected chi connectivity index (χ2v) is 6.52. The van der Waals surface area contributed by atoms with E-state index in [9.17, 15) is 0 Å². The number of hydrogen-bond acceptors (Lipinski definition) is 2. The zero-order valence-corrected chi connectivity index (χ0v) is 12.9. The van der Waals surface area contributed by atoms with Crippen molar-refractivity contribution in [2.45, 2.75) is 52.0 Å². The molecule has 2 unspecified atom stereocenters. The van der Waals surface area contributed by atoms with Crippen LogP contribution in [0.2, 0.25) is 0 Å². The summed E-state index contributed by atoms with van der Waals surface area (Å²) in [4.78, 5) is 0. The normalized spacial score (nSPS) is 19.6. The van der Waals surface area contributed by atoms with E-state index in [0.29, 0.717) is 6.04 Å². The molecule has 2 rings (SSSR count). The van der Waals surface area contributed by atoms with Crippen molar-refractivity contribution in [1.29, 1.82) is 0 Å². The summed E-state index contributed by atoms with van der Waals surface area (Å²) < 4.78 is 5.76. The summed E-state index contributed by atoms with van der Waals surface area (Å²) in [6, 6.07) is 7.13. The van der Waals surface area contributed by atoms with E-state index in [1.807, 2.05) is 0 Å². The van der Waals surface area contributed by atoms with Crippen LogP contribution in [0.25, 0.3) is 0 Å². The van der Waals surface area contributed by atoms with Gasteiger partial charge in [-0.05, 0) is 37.1 Å². The van der Waals surface area contributed by atoms with E-state index < -0.39 is 0 Å². The van der Waals surface area contributed by atoms with E-state index in [-0.39, 0.29) is 5.41 Å². The van der Waals surface area contributed by atoms with E-state index >= 15 is 0 Å². The number of hydrogen-bond donors (Lipinski definition) is 1. The summed E-state index contributed by atoms with van der Waals surface area (Å²) in [5.74, 6) is 1.81. The summed E-state index contributed by atoms with van der Waals surface area (Å²) >= 11 is 0. The Bertz CT molecular complexity index is 439. The van der Waals surface area contributed by atoms with Crippen LogP contribution in [0.4, 0.5) is 0 Å². The van der Waals surface area contributed by atoms with Crippen molar-refractivity contribution in [3.05, 3.63) is 29.3 Å². The van der Waals surface area contributed by atoms with Crippen LogP contribution in [0.5, 0.6) is 5.75 Å². The largest absolute Gasteiger partial charge is 0.492 e. The van der Waals surface area contributed by atoms with E-state index in [1.54, 1.807) is 0 Å². The lowest BCUT2D eigenvalue weighted by atomic mass is 9.84. The Morgan fingerprint density at radius 2 is 2.11 bits per heavy atom. The van der Waals surface area contributed by atoms with Gasteiger partial charge in [0.1, 0.15) is 5.75 Å². The van der Waals surface area contributed by atoms with Crippen LogP contribution in [-0.4, -0.2) is 13.7 Å². The van der Waals surface area contributed by atoms with Gasteiger partial charge in [0.2, 0.25) is 0 Å². The third-order valence-electron chi connectivity index (χ3n) is 4.41. The van der Waals surface area contributed by atoms with Gasteiger partial charge in [0.25, 0.3) is 0 Å². The summed E-state index contributed by atoms with van der Waals surface area (Å²) in [5.41, 5.74) is 2.88. The molecule has 0 aliphatic carbocycles. The summed E-state index contributed by atoms with van der Waals surface area (Å²) in [5, 5.41) is 3.46. The number of ether oxygens (including phenoxy) is 1. The maximum absolute atomic E-state index is 5.76. The van der Waals surface area contributed by atoms with Crippen molar-refractivity contribution in [3.63, 3.8) is 0 Å². The van der Waals surface area contributed by atoms with Crippen LogP contribution in [0.3, 0.4) is 0 Å². The van der Waals surface area contributed by atoms with E-state index in [0.717, 1.165) is 18.3 Å². The highest BCUT2D eigenvalue weighted by molar-refractivity contribution is 5.45. The maximum Gasteiger partial charge on any atom is 0.123 e. The summed E-state index contributed by atoms with van der Waals surface area (Å²) in [7, 11) is 2.06. The quantitative estimate of drug-likeness (QED) is 0.863. The van der Waals surface area contributed by atoms with Crippen LogP contribution in [-0.2, 0) is 5.41 Å². The van der Waals surface area contributed by atoms with Crippen LogP contribution in [0, 0.1) is 5.92 Å². The standard InChI is InChI=1S/C17H27NO/c1-6-12(2)9-15(18-5)13-7-8-16-14(10-13)17(3,4)11-19-16/h7-8,10,12,15,18H,6,9,11H2,1-5H3. The van der Waals surface area contributed by atoms with Gasteiger partial charge >= 0.3 is 0 Å². The molecular formula is C17H27NO. The zero-order chi connectivity index (χ0) is 14.0. The molecule has 2 nitrogen and oxygen atoms in total. The minimum absolute atomic E-state index is 0.139. The lowest BCUT2D eigenvalue weighted by Crippen LogP contribution is -2.21. The average molecular weight is 261 g/mol. The first-order chi connectivity index (χ1) is 8.97. The lowest BCUT2D eigenvalue weighted by Gasteiger charge is -2.22. The first-order valence-corrected chi connectivity index (χ1v) is 7.42. The Hall–Kier alpha value is -1.02.